The van der Waals surface area contributed by atoms with E-state index in [9.17, 15) is 4.79 Å². The predicted octanol–water partition coefficient (Wildman–Crippen LogP) is 3.37. The molecule has 2 aromatic rings. The van der Waals surface area contributed by atoms with Crippen molar-refractivity contribution in [3.63, 3.8) is 0 Å². The zero-order chi connectivity index (χ0) is 14.9. The van der Waals surface area contributed by atoms with Gasteiger partial charge >= 0.3 is 0 Å². The molecule has 0 spiro atoms. The minimum Gasteiger partial charge on any atom is -0.394 e. The van der Waals surface area contributed by atoms with Gasteiger partial charge in [0.25, 0.3) is 5.56 Å². The Morgan fingerprint density at radius 3 is 2.40 bits per heavy atom. The number of nitrogens with zero attached hydrogens (tertiary/aromatic N) is 1. The predicted molar refractivity (Wildman–Crippen MR) is 84.9 cm³/mol. The van der Waals surface area contributed by atoms with E-state index in [4.69, 9.17) is 5.73 Å². The maximum atomic E-state index is 12.3. The van der Waals surface area contributed by atoms with Crippen molar-refractivity contribution in [2.75, 3.05) is 5.73 Å². The fourth-order valence-electron chi connectivity index (χ4n) is 2.29. The van der Waals surface area contributed by atoms with Gasteiger partial charge in [-0.15, -0.1) is 0 Å². The Balaban J connectivity index is 2.63. The van der Waals surface area contributed by atoms with Crippen LogP contribution in [0.1, 0.15) is 25.0 Å². The lowest BCUT2D eigenvalue weighted by Gasteiger charge is -2.16. The van der Waals surface area contributed by atoms with E-state index in [2.05, 4.69) is 45.9 Å². The van der Waals surface area contributed by atoms with E-state index in [0.717, 1.165) is 11.3 Å². The first-order valence-electron chi connectivity index (χ1n) is 6.97. The summed E-state index contributed by atoms with van der Waals surface area (Å²) in [4.78, 5) is 12.3. The Kier molecular flexibility index (Phi) is 3.98. The summed E-state index contributed by atoms with van der Waals surface area (Å²) in [5, 5.41) is 0. The highest BCUT2D eigenvalue weighted by atomic mass is 16.1. The molecule has 0 bridgehead atoms. The summed E-state index contributed by atoms with van der Waals surface area (Å²) in [6.45, 7) is 9.04. The van der Waals surface area contributed by atoms with E-state index in [1.54, 1.807) is 10.6 Å². The summed E-state index contributed by atoms with van der Waals surface area (Å²) in [5.41, 5.74) is 10.4. The number of aryl methyl sites for hydroxylation is 2. The highest BCUT2D eigenvalue weighted by Crippen LogP contribution is 2.22. The van der Waals surface area contributed by atoms with Crippen LogP contribution in [-0.2, 0) is 6.54 Å². The number of hydrogen-bond donors (Lipinski definition) is 1. The minimum absolute atomic E-state index is 0.102. The van der Waals surface area contributed by atoms with Crippen LogP contribution in [0, 0.1) is 19.8 Å². The van der Waals surface area contributed by atoms with Crippen LogP contribution >= 0.6 is 0 Å². The fraction of sp³-hybridized carbons (Fsp3) is 0.353. The molecule has 0 saturated heterocycles. The number of pyridine rings is 1. The average molecular weight is 270 g/mol. The van der Waals surface area contributed by atoms with Crippen molar-refractivity contribution in [3.8, 4) is 11.3 Å². The molecule has 0 aliphatic heterocycles. The van der Waals surface area contributed by atoms with Crippen molar-refractivity contribution in [2.24, 2.45) is 5.92 Å². The molecule has 1 aromatic carbocycles. The number of hydrogen-bond acceptors (Lipinski definition) is 2. The first-order chi connectivity index (χ1) is 9.40. The third-order valence-corrected chi connectivity index (χ3v) is 3.55. The van der Waals surface area contributed by atoms with Crippen LogP contribution in [0.3, 0.4) is 0 Å². The van der Waals surface area contributed by atoms with Gasteiger partial charge in [0.1, 0.15) is 0 Å². The van der Waals surface area contributed by atoms with Crippen molar-refractivity contribution in [1.82, 2.24) is 4.57 Å². The van der Waals surface area contributed by atoms with Gasteiger partial charge in [-0.25, -0.2) is 0 Å². The van der Waals surface area contributed by atoms with Crippen LogP contribution in [-0.4, -0.2) is 4.57 Å². The molecular weight excluding hydrogens is 248 g/mol. The smallest absolute Gasteiger partial charge is 0.274 e. The van der Waals surface area contributed by atoms with Crippen LogP contribution in [0.25, 0.3) is 11.3 Å². The number of anilines is 1. The Hall–Kier alpha value is -2.03. The Labute approximate surface area is 120 Å². The van der Waals surface area contributed by atoms with E-state index >= 15 is 0 Å². The summed E-state index contributed by atoms with van der Waals surface area (Å²) in [7, 11) is 0. The van der Waals surface area contributed by atoms with Crippen LogP contribution in [0.15, 0.2) is 35.1 Å². The Morgan fingerprint density at radius 1 is 1.10 bits per heavy atom. The number of benzene rings is 1. The maximum absolute atomic E-state index is 12.3. The second-order valence-corrected chi connectivity index (χ2v) is 5.78. The zero-order valence-electron chi connectivity index (χ0n) is 12.6. The first kappa shape index (κ1) is 14.4. The number of aromatic nitrogens is 1. The van der Waals surface area contributed by atoms with E-state index in [-0.39, 0.29) is 5.56 Å². The van der Waals surface area contributed by atoms with Gasteiger partial charge in [-0.05, 0) is 54.7 Å². The highest BCUT2D eigenvalue weighted by molar-refractivity contribution is 5.63. The third-order valence-electron chi connectivity index (χ3n) is 3.55. The summed E-state index contributed by atoms with van der Waals surface area (Å²) >= 11 is 0. The molecule has 2 N–H and O–H groups in total. The topological polar surface area (TPSA) is 48.0 Å². The molecule has 3 nitrogen and oxygen atoms in total. The molecule has 1 heterocycles. The lowest BCUT2D eigenvalue weighted by Crippen LogP contribution is -2.26. The first-order valence-corrected chi connectivity index (χ1v) is 6.97. The molecule has 106 valence electrons. The van der Waals surface area contributed by atoms with Gasteiger partial charge in [0.2, 0.25) is 0 Å². The molecule has 1 aromatic heterocycles. The largest absolute Gasteiger partial charge is 0.394 e. The van der Waals surface area contributed by atoms with Gasteiger partial charge in [-0.3, -0.25) is 4.79 Å². The van der Waals surface area contributed by atoms with Gasteiger partial charge in [-0.1, -0.05) is 26.0 Å². The van der Waals surface area contributed by atoms with Crippen LogP contribution < -0.4 is 11.3 Å². The van der Waals surface area contributed by atoms with E-state index in [1.807, 2.05) is 6.07 Å². The number of rotatable bonds is 3. The van der Waals surface area contributed by atoms with Gasteiger partial charge < -0.3 is 10.3 Å². The molecular formula is C17H22N2O. The van der Waals surface area contributed by atoms with Crippen molar-refractivity contribution in [3.05, 3.63) is 51.8 Å². The molecule has 0 aliphatic carbocycles. The van der Waals surface area contributed by atoms with Crippen LogP contribution in [0.5, 0.6) is 0 Å². The van der Waals surface area contributed by atoms with E-state index in [0.29, 0.717) is 18.2 Å². The molecule has 0 aliphatic rings. The van der Waals surface area contributed by atoms with Crippen molar-refractivity contribution in [2.45, 2.75) is 34.2 Å². The molecule has 0 unspecified atom stereocenters. The third kappa shape index (κ3) is 2.77. The molecule has 0 fully saturated rings. The zero-order valence-corrected chi connectivity index (χ0v) is 12.6. The van der Waals surface area contributed by atoms with Crippen LogP contribution in [0.4, 0.5) is 5.69 Å². The summed E-state index contributed by atoms with van der Waals surface area (Å²) in [6.07, 6.45) is 0. The minimum atomic E-state index is -0.102. The lowest BCUT2D eigenvalue weighted by atomic mass is 10.0. The number of nitrogen functional groups attached to an aromatic ring is 1. The summed E-state index contributed by atoms with van der Waals surface area (Å²) < 4.78 is 1.78. The Morgan fingerprint density at radius 2 is 1.80 bits per heavy atom. The van der Waals surface area contributed by atoms with Gasteiger partial charge in [0, 0.05) is 6.54 Å². The quantitative estimate of drug-likeness (QED) is 0.929. The lowest BCUT2D eigenvalue weighted by molar-refractivity contribution is 0.516. The molecule has 3 heteroatoms. The molecule has 0 radical (unpaired) electrons. The van der Waals surface area contributed by atoms with Crippen molar-refractivity contribution < 1.29 is 0 Å². The van der Waals surface area contributed by atoms with E-state index < -0.39 is 0 Å². The molecule has 2 rings (SSSR count). The second kappa shape index (κ2) is 5.53. The van der Waals surface area contributed by atoms with E-state index in [1.165, 1.54) is 11.1 Å². The molecule has 0 amide bonds. The number of nitrogens with two attached hydrogens (primary N) is 1. The van der Waals surface area contributed by atoms with Crippen LogP contribution in [0.2, 0.25) is 0 Å². The Bertz CT molecular complexity index is 684. The summed E-state index contributed by atoms with van der Waals surface area (Å²) in [6, 6.07) is 9.90. The fourth-order valence-corrected chi connectivity index (χ4v) is 2.29. The SMILES string of the molecule is Cc1ccc(-c2ccc(N)c(=O)n2CC(C)C)cc1C. The molecule has 0 atom stereocenters. The molecule has 20 heavy (non-hydrogen) atoms. The second-order valence-electron chi connectivity index (χ2n) is 5.78. The summed E-state index contributed by atoms with van der Waals surface area (Å²) in [5.74, 6) is 0.389. The normalized spacial score (nSPS) is 11.1. The average Bonchev–Trinajstić information content (AvgIpc) is 2.38. The highest BCUT2D eigenvalue weighted by Gasteiger charge is 2.10. The molecule has 0 saturated carbocycles. The van der Waals surface area contributed by atoms with Gasteiger partial charge in [0.05, 0.1) is 11.4 Å². The van der Waals surface area contributed by atoms with Gasteiger partial charge in [-0.2, -0.15) is 0 Å². The standard InChI is InChI=1S/C17H22N2O/c1-11(2)10-19-16(8-7-15(18)17(19)20)14-6-5-12(3)13(4)9-14/h5-9,11H,10,18H2,1-4H3. The maximum Gasteiger partial charge on any atom is 0.274 e. The van der Waals surface area contributed by atoms with Crippen molar-refractivity contribution in [1.29, 1.82) is 0 Å². The monoisotopic (exact) mass is 270 g/mol. The van der Waals surface area contributed by atoms with Gasteiger partial charge in [0.15, 0.2) is 0 Å². The van der Waals surface area contributed by atoms with Crippen molar-refractivity contribution >= 4 is 5.69 Å².